The number of hydrogen-bond donors (Lipinski definition) is 3. The van der Waals surface area contributed by atoms with Crippen molar-refractivity contribution in [2.45, 2.75) is 6.54 Å². The molecule has 0 saturated heterocycles. The molecule has 0 spiro atoms. The molecule has 0 saturated carbocycles. The summed E-state index contributed by atoms with van der Waals surface area (Å²) in [6.45, 7) is 0.317. The monoisotopic (exact) mass is 466 g/mol. The van der Waals surface area contributed by atoms with Crippen molar-refractivity contribution in [2.75, 3.05) is 0 Å². The van der Waals surface area contributed by atoms with Crippen LogP contribution >= 0.6 is 23.8 Å². The first-order valence-electron chi connectivity index (χ1n) is 9.35. The second-order valence-electron chi connectivity index (χ2n) is 6.85. The van der Waals surface area contributed by atoms with Gasteiger partial charge in [-0.25, -0.2) is 14.3 Å². The van der Waals surface area contributed by atoms with Crippen molar-refractivity contribution < 1.29 is 14.7 Å². The highest BCUT2D eigenvalue weighted by Crippen LogP contribution is 2.14. The van der Waals surface area contributed by atoms with Crippen LogP contribution in [0.4, 0.5) is 0 Å². The topological polar surface area (TPSA) is 117 Å². The quantitative estimate of drug-likeness (QED) is 0.386. The summed E-state index contributed by atoms with van der Waals surface area (Å²) in [6.07, 6.45) is 1.29. The van der Waals surface area contributed by atoms with Crippen LogP contribution in [0.3, 0.4) is 0 Å². The Bertz CT molecular complexity index is 1480. The van der Waals surface area contributed by atoms with Gasteiger partial charge in [-0.15, -0.1) is 0 Å². The molecule has 160 valence electrons. The van der Waals surface area contributed by atoms with Gasteiger partial charge < -0.3 is 15.4 Å². The number of H-pyrrole nitrogens is 1. The number of pyridine rings is 1. The molecule has 3 N–H and O–H groups in total. The average molecular weight is 467 g/mol. The zero-order chi connectivity index (χ0) is 22.8. The Morgan fingerprint density at radius 1 is 1.09 bits per heavy atom. The molecule has 2 aromatic carbocycles. The van der Waals surface area contributed by atoms with Crippen LogP contribution in [0.25, 0.3) is 16.7 Å². The number of nitrogens with one attached hydrogen (secondary N) is 2. The number of carbonyl (C=O) groups is 2. The molecular formula is C22H15ClN4O4S. The number of amides is 1. The third-order valence-corrected chi connectivity index (χ3v) is 5.28. The minimum absolute atomic E-state index is 0.0240. The Labute approximate surface area is 191 Å². The summed E-state index contributed by atoms with van der Waals surface area (Å²) in [7, 11) is 0. The summed E-state index contributed by atoms with van der Waals surface area (Å²) in [4.78, 5) is 43.8. The predicted octanol–water partition coefficient (Wildman–Crippen LogP) is 3.72. The number of carboxylic acid groups (broad SMARTS) is 1. The maximum absolute atomic E-state index is 13.0. The molecule has 0 atom stereocenters. The van der Waals surface area contributed by atoms with Gasteiger partial charge in [0.2, 0.25) is 0 Å². The summed E-state index contributed by atoms with van der Waals surface area (Å²) in [5.74, 6) is -1.38. The summed E-state index contributed by atoms with van der Waals surface area (Å²) < 4.78 is 1.14. The molecule has 2 heterocycles. The van der Waals surface area contributed by atoms with Crippen LogP contribution in [0.2, 0.25) is 5.02 Å². The van der Waals surface area contributed by atoms with E-state index in [9.17, 15) is 19.5 Å². The first-order chi connectivity index (χ1) is 15.3. The van der Waals surface area contributed by atoms with Crippen molar-refractivity contribution in [1.82, 2.24) is 19.9 Å². The highest BCUT2D eigenvalue weighted by Gasteiger charge is 2.13. The lowest BCUT2D eigenvalue weighted by Gasteiger charge is -2.10. The van der Waals surface area contributed by atoms with Crippen LogP contribution in [-0.2, 0) is 6.54 Å². The number of nitrogens with zero attached hydrogens (tertiary/aromatic N) is 2. The van der Waals surface area contributed by atoms with Gasteiger partial charge in [-0.2, -0.15) is 0 Å². The maximum Gasteiger partial charge on any atom is 0.335 e. The van der Waals surface area contributed by atoms with Gasteiger partial charge >= 0.3 is 5.97 Å². The van der Waals surface area contributed by atoms with Gasteiger partial charge in [0.25, 0.3) is 11.5 Å². The van der Waals surface area contributed by atoms with Crippen molar-refractivity contribution >= 4 is 46.6 Å². The predicted molar refractivity (Wildman–Crippen MR) is 122 cm³/mol. The van der Waals surface area contributed by atoms with E-state index < -0.39 is 11.5 Å². The van der Waals surface area contributed by atoms with Crippen LogP contribution in [0, 0.1) is 4.77 Å². The minimum atomic E-state index is -1.15. The Balaban J connectivity index is 1.66. The minimum Gasteiger partial charge on any atom is -0.478 e. The number of aromatic carboxylic acids is 1. The van der Waals surface area contributed by atoms with Gasteiger partial charge in [-0.05, 0) is 60.2 Å². The van der Waals surface area contributed by atoms with E-state index >= 15 is 0 Å². The van der Waals surface area contributed by atoms with E-state index in [1.807, 2.05) is 12.1 Å². The standard InChI is InChI=1S/C22H15ClN4O4S/c23-15-4-1-12(2-5-15)11-25-19(28)13-3-6-16-17(9-13)26-22(32)27(20(16)29)18-10-14(21(30)31)7-8-24-18/h1-10H,11H2,(H,25,28)(H,26,32)(H,30,31). The molecule has 0 aliphatic carbocycles. The van der Waals surface area contributed by atoms with Crippen LogP contribution in [-0.4, -0.2) is 31.5 Å². The van der Waals surface area contributed by atoms with E-state index in [0.29, 0.717) is 22.6 Å². The van der Waals surface area contributed by atoms with Crippen molar-refractivity contribution in [1.29, 1.82) is 0 Å². The third kappa shape index (κ3) is 4.29. The first kappa shape index (κ1) is 21.4. The van der Waals surface area contributed by atoms with E-state index in [4.69, 9.17) is 23.8 Å². The highest BCUT2D eigenvalue weighted by atomic mass is 35.5. The number of fused-ring (bicyclic) bond motifs is 1. The van der Waals surface area contributed by atoms with Crippen molar-refractivity contribution in [3.63, 3.8) is 0 Å². The first-order valence-corrected chi connectivity index (χ1v) is 10.1. The molecule has 0 aliphatic rings. The van der Waals surface area contributed by atoms with E-state index in [2.05, 4.69) is 15.3 Å². The van der Waals surface area contributed by atoms with E-state index in [1.54, 1.807) is 12.1 Å². The van der Waals surface area contributed by atoms with Crippen LogP contribution in [0.5, 0.6) is 0 Å². The normalized spacial score (nSPS) is 10.8. The lowest BCUT2D eigenvalue weighted by Crippen LogP contribution is -2.24. The molecule has 0 radical (unpaired) electrons. The number of carboxylic acids is 1. The van der Waals surface area contributed by atoms with Crippen LogP contribution < -0.4 is 10.9 Å². The summed E-state index contributed by atoms with van der Waals surface area (Å²) in [6, 6.07) is 14.3. The molecule has 0 bridgehead atoms. The van der Waals surface area contributed by atoms with Gasteiger partial charge in [-0.1, -0.05) is 23.7 Å². The highest BCUT2D eigenvalue weighted by molar-refractivity contribution is 7.71. The molecule has 0 fully saturated rings. The van der Waals surface area contributed by atoms with Gasteiger partial charge in [0.1, 0.15) is 5.82 Å². The Morgan fingerprint density at radius 3 is 2.56 bits per heavy atom. The van der Waals surface area contributed by atoms with Crippen LogP contribution in [0.1, 0.15) is 26.3 Å². The summed E-state index contributed by atoms with van der Waals surface area (Å²) in [5, 5.41) is 12.9. The van der Waals surface area contributed by atoms with Gasteiger partial charge in [0.15, 0.2) is 4.77 Å². The molecule has 4 aromatic rings. The van der Waals surface area contributed by atoms with Crippen molar-refractivity contribution in [3.8, 4) is 5.82 Å². The van der Waals surface area contributed by atoms with Crippen molar-refractivity contribution in [3.05, 3.63) is 97.6 Å². The molecular weight excluding hydrogens is 452 g/mol. The van der Waals surface area contributed by atoms with Crippen LogP contribution in [0.15, 0.2) is 65.6 Å². The van der Waals surface area contributed by atoms with E-state index in [1.165, 1.54) is 36.5 Å². The SMILES string of the molecule is O=C(O)c1ccnc(-n2c(=S)[nH]c3cc(C(=O)NCc4ccc(Cl)cc4)ccc3c2=O)c1. The fraction of sp³-hybridized carbons (Fsp3) is 0.0455. The molecule has 0 aliphatic heterocycles. The Kier molecular flexibility index (Phi) is 5.85. The van der Waals surface area contributed by atoms with Crippen molar-refractivity contribution in [2.24, 2.45) is 0 Å². The number of hydrogen-bond acceptors (Lipinski definition) is 5. The smallest absolute Gasteiger partial charge is 0.335 e. The Hall–Kier alpha value is -3.82. The maximum atomic E-state index is 13.0. The fourth-order valence-corrected chi connectivity index (χ4v) is 3.54. The Morgan fingerprint density at radius 2 is 1.84 bits per heavy atom. The molecule has 10 heteroatoms. The second kappa shape index (κ2) is 8.74. The second-order valence-corrected chi connectivity index (χ2v) is 7.67. The number of halogens is 1. The van der Waals surface area contributed by atoms with E-state index in [0.717, 1.165) is 10.1 Å². The van der Waals surface area contributed by atoms with E-state index in [-0.39, 0.29) is 27.4 Å². The number of aromatic nitrogens is 3. The zero-order valence-corrected chi connectivity index (χ0v) is 17.9. The molecule has 1 amide bonds. The molecule has 0 unspecified atom stereocenters. The fourth-order valence-electron chi connectivity index (χ4n) is 3.13. The summed E-state index contributed by atoms with van der Waals surface area (Å²) >= 11 is 11.2. The summed E-state index contributed by atoms with van der Waals surface area (Å²) in [5.41, 5.74) is 1.11. The van der Waals surface area contributed by atoms with Gasteiger partial charge in [0, 0.05) is 23.3 Å². The number of benzene rings is 2. The number of aromatic amines is 1. The lowest BCUT2D eigenvalue weighted by atomic mass is 10.1. The molecule has 2 aromatic heterocycles. The molecule has 8 nitrogen and oxygen atoms in total. The molecule has 4 rings (SSSR count). The number of rotatable bonds is 5. The average Bonchev–Trinajstić information content (AvgIpc) is 2.78. The third-order valence-electron chi connectivity index (χ3n) is 4.75. The molecule has 32 heavy (non-hydrogen) atoms. The van der Waals surface area contributed by atoms with Gasteiger partial charge in [0.05, 0.1) is 16.5 Å². The zero-order valence-electron chi connectivity index (χ0n) is 16.3. The number of carbonyl (C=O) groups excluding carboxylic acids is 1. The lowest BCUT2D eigenvalue weighted by molar-refractivity contribution is 0.0696. The van der Waals surface area contributed by atoms with Gasteiger partial charge in [-0.3, -0.25) is 9.59 Å². The largest absolute Gasteiger partial charge is 0.478 e.